The average Bonchev–Trinajstić information content (AvgIpc) is 3.12. The van der Waals surface area contributed by atoms with E-state index in [0.29, 0.717) is 6.42 Å². The maximum absolute atomic E-state index is 12.9. The number of hydrogen-bond acceptors (Lipinski definition) is 14. The Bertz CT molecular complexity index is 1650. The Morgan fingerprint density at radius 3 is 1.56 bits per heavy atom. The van der Waals surface area contributed by atoms with Crippen LogP contribution in [0.2, 0.25) is 0 Å². The van der Waals surface area contributed by atoms with E-state index in [2.05, 4.69) is 57.4 Å². The summed E-state index contributed by atoms with van der Waals surface area (Å²) < 4.78 is 64.3. The van der Waals surface area contributed by atoms with Crippen molar-refractivity contribution >= 4 is 35.4 Å². The first-order valence-corrected chi connectivity index (χ1v) is 22.8. The number of unbranched alkanes of at least 4 members (excludes halogenated alkanes) is 12. The fourth-order valence-corrected chi connectivity index (χ4v) is 7.43. The van der Waals surface area contributed by atoms with Crippen LogP contribution in [0, 0.1) is 47.4 Å². The number of ether oxygens (including phenoxy) is 2. The number of aliphatic hydroxyl groups is 3. The van der Waals surface area contributed by atoms with Gasteiger partial charge in [0.15, 0.2) is 6.10 Å². The molecule has 0 saturated heterocycles. The van der Waals surface area contributed by atoms with E-state index < -0.39 is 91.3 Å². The highest BCUT2D eigenvalue weighted by atomic mass is 31.2. The fraction of sp³-hybridized carbons (Fsp3) is 0.714. The van der Waals surface area contributed by atoms with Gasteiger partial charge in [-0.2, -0.15) is 0 Å². The van der Waals surface area contributed by atoms with E-state index in [1.54, 1.807) is 6.92 Å². The van der Waals surface area contributed by atoms with Gasteiger partial charge in [0.2, 0.25) is 0 Å². The molecule has 19 nitrogen and oxygen atoms in total. The number of carbonyl (C=O) groups excluding carboxylic acids is 2. The molecule has 1 fully saturated rings. The molecule has 1 aliphatic rings. The molecule has 8 N–H and O–H groups in total. The third-order valence-corrected chi connectivity index (χ3v) is 10.0. The summed E-state index contributed by atoms with van der Waals surface area (Å²) in [5.41, 5.74) is 0. The zero-order valence-corrected chi connectivity index (χ0v) is 34.4. The number of aliphatic hydroxyl groups excluding tert-OH is 3. The maximum atomic E-state index is 12.9. The molecule has 0 heterocycles. The Balaban J connectivity index is 2.91. The van der Waals surface area contributed by atoms with Gasteiger partial charge in [-0.15, -0.1) is 0 Å². The van der Waals surface area contributed by atoms with Crippen molar-refractivity contribution in [3.05, 3.63) is 0 Å². The lowest BCUT2D eigenvalue weighted by atomic mass is 9.85. The van der Waals surface area contributed by atoms with Crippen LogP contribution in [0.1, 0.15) is 104 Å². The van der Waals surface area contributed by atoms with Crippen molar-refractivity contribution in [3.8, 4) is 47.4 Å². The van der Waals surface area contributed by atoms with Crippen molar-refractivity contribution in [2.75, 3.05) is 13.2 Å². The van der Waals surface area contributed by atoms with Gasteiger partial charge in [0, 0.05) is 12.3 Å². The van der Waals surface area contributed by atoms with Crippen molar-refractivity contribution in [2.45, 2.75) is 146 Å². The average molecular weight is 871 g/mol. The van der Waals surface area contributed by atoms with Gasteiger partial charge in [-0.05, 0) is 48.9 Å². The molecule has 0 spiro atoms. The van der Waals surface area contributed by atoms with E-state index in [9.17, 15) is 53.3 Å². The number of hydrogen-bond donors (Lipinski definition) is 8. The summed E-state index contributed by atoms with van der Waals surface area (Å²) in [4.78, 5) is 72.1. The summed E-state index contributed by atoms with van der Waals surface area (Å²) in [6, 6.07) is 0. The van der Waals surface area contributed by atoms with E-state index in [-0.39, 0.29) is 6.42 Å². The van der Waals surface area contributed by atoms with Crippen LogP contribution in [-0.4, -0.2) is 108 Å². The Morgan fingerprint density at radius 2 is 1.05 bits per heavy atom. The van der Waals surface area contributed by atoms with Gasteiger partial charge in [-0.1, -0.05) is 89.9 Å². The molecule has 322 valence electrons. The van der Waals surface area contributed by atoms with Gasteiger partial charge in [0.25, 0.3) is 0 Å². The van der Waals surface area contributed by atoms with Gasteiger partial charge in [0.1, 0.15) is 43.2 Å². The molecular weight excluding hydrogens is 817 g/mol. The zero-order chi connectivity index (χ0) is 42.9. The number of esters is 2. The van der Waals surface area contributed by atoms with Gasteiger partial charge in [0.05, 0.1) is 6.61 Å². The fourth-order valence-electron chi connectivity index (χ4n) is 5.34. The molecule has 8 atom stereocenters. The zero-order valence-electron chi connectivity index (χ0n) is 31.8. The summed E-state index contributed by atoms with van der Waals surface area (Å²) in [6.07, 6.45) is -2.80. The van der Waals surface area contributed by atoms with Crippen LogP contribution in [0.25, 0.3) is 0 Å². The second-order valence-corrected chi connectivity index (χ2v) is 16.5. The molecule has 1 rings (SSSR count). The number of phosphoric acid groups is 3. The SMILES string of the molecule is CC#CC#CC#CC#CC(=O)OC[C@H](COP(=O)(O)OC1C(O)[C@@H](O)C(OP(=O)(O)O)[C@@H](OP(=O)(O)O)C1O)OC(=O)CCCCCCCCCCCCCCC. The largest absolute Gasteiger partial charge is 0.472 e. The first-order chi connectivity index (χ1) is 26.8. The minimum Gasteiger partial charge on any atom is -0.456 e. The molecule has 0 aromatic carbocycles. The maximum Gasteiger partial charge on any atom is 0.472 e. The minimum absolute atomic E-state index is 0.0640. The summed E-state index contributed by atoms with van der Waals surface area (Å²) in [5.74, 6) is 16.6. The topological polar surface area (TPSA) is 303 Å². The molecule has 57 heavy (non-hydrogen) atoms. The highest BCUT2D eigenvalue weighted by molar-refractivity contribution is 7.47. The van der Waals surface area contributed by atoms with Gasteiger partial charge in [-0.25, -0.2) is 18.5 Å². The molecule has 5 unspecified atom stereocenters. The van der Waals surface area contributed by atoms with Crippen molar-refractivity contribution < 1.29 is 90.6 Å². The normalized spacial score (nSPS) is 22.1. The van der Waals surface area contributed by atoms with Crippen LogP contribution in [-0.2, 0) is 50.9 Å². The first kappa shape index (κ1) is 52.4. The first-order valence-electron chi connectivity index (χ1n) is 18.3. The van der Waals surface area contributed by atoms with E-state index in [4.69, 9.17) is 28.3 Å². The molecule has 0 aromatic rings. The molecule has 0 bridgehead atoms. The Kier molecular flexibility index (Phi) is 25.7. The van der Waals surface area contributed by atoms with Crippen LogP contribution in [0.3, 0.4) is 0 Å². The molecule has 22 heteroatoms. The minimum atomic E-state index is -5.61. The third-order valence-electron chi connectivity index (χ3n) is 8.00. The Morgan fingerprint density at radius 1 is 0.596 bits per heavy atom. The monoisotopic (exact) mass is 870 g/mol. The predicted molar refractivity (Wildman–Crippen MR) is 200 cm³/mol. The van der Waals surface area contributed by atoms with E-state index >= 15 is 0 Å². The summed E-state index contributed by atoms with van der Waals surface area (Å²) >= 11 is 0. The standard InChI is InChI=1S/C35H53O19P3/c1-3-5-7-9-11-12-13-14-15-16-18-20-22-24-29(37)51-27(25-49-28(36)23-21-19-17-10-8-6-4-2)26-50-57(47,48)54-33-30(38)31(39)34(52-55(41,42)43)35(32(33)40)53-56(44,45)46/h27,30-35,38-40H,3,5,7,9,11-16,18,20,22,24-26H2,1-2H3,(H,47,48)(H2,41,42,43)(H2,44,45,46)/t27-,30?,31-,32?,33?,34?,35+/m1/s1. The molecule has 1 aliphatic carbocycles. The van der Waals surface area contributed by atoms with Crippen molar-refractivity contribution in [1.82, 2.24) is 0 Å². The van der Waals surface area contributed by atoms with Gasteiger partial charge >= 0.3 is 35.4 Å². The number of rotatable bonds is 26. The molecular formula is C35H53O19P3. The highest BCUT2D eigenvalue weighted by Crippen LogP contribution is 2.51. The van der Waals surface area contributed by atoms with Crippen LogP contribution >= 0.6 is 23.5 Å². The molecule has 0 amide bonds. The number of phosphoric ester groups is 3. The Hall–Kier alpha value is -2.61. The Labute approximate surface area is 332 Å². The van der Waals surface area contributed by atoms with Crippen LogP contribution in [0.5, 0.6) is 0 Å². The molecule has 1 saturated carbocycles. The molecule has 0 aliphatic heterocycles. The van der Waals surface area contributed by atoms with Crippen molar-refractivity contribution in [3.63, 3.8) is 0 Å². The molecule has 0 aromatic heterocycles. The lowest BCUT2D eigenvalue weighted by molar-refractivity contribution is -0.213. The summed E-state index contributed by atoms with van der Waals surface area (Å²) in [7, 11) is -16.7. The molecule has 0 radical (unpaired) electrons. The van der Waals surface area contributed by atoms with Gasteiger partial charge in [-0.3, -0.25) is 22.9 Å². The lowest BCUT2D eigenvalue weighted by Crippen LogP contribution is -2.65. The summed E-state index contributed by atoms with van der Waals surface area (Å²) in [6.45, 7) is 1.99. The lowest BCUT2D eigenvalue weighted by Gasteiger charge is -2.44. The van der Waals surface area contributed by atoms with E-state index in [0.717, 1.165) is 32.1 Å². The van der Waals surface area contributed by atoms with Crippen LogP contribution in [0.15, 0.2) is 0 Å². The highest BCUT2D eigenvalue weighted by Gasteiger charge is 2.56. The van der Waals surface area contributed by atoms with Crippen molar-refractivity contribution in [2.24, 2.45) is 0 Å². The van der Waals surface area contributed by atoms with Crippen LogP contribution < -0.4 is 0 Å². The smallest absolute Gasteiger partial charge is 0.456 e. The van der Waals surface area contributed by atoms with Crippen molar-refractivity contribution in [1.29, 1.82) is 0 Å². The van der Waals surface area contributed by atoms with Gasteiger partial charge < -0.3 is 49.3 Å². The van der Waals surface area contributed by atoms with E-state index in [1.165, 1.54) is 44.9 Å². The third kappa shape index (κ3) is 24.8. The second kappa shape index (κ2) is 28.0. The second-order valence-electron chi connectivity index (χ2n) is 12.8. The van der Waals surface area contributed by atoms with Crippen LogP contribution in [0.4, 0.5) is 0 Å². The summed E-state index contributed by atoms with van der Waals surface area (Å²) in [5, 5.41) is 31.6. The predicted octanol–water partition coefficient (Wildman–Crippen LogP) is 2.51. The number of carbonyl (C=O) groups is 2. The quantitative estimate of drug-likeness (QED) is 0.0204. The van der Waals surface area contributed by atoms with E-state index in [1.807, 2.05) is 5.92 Å².